The van der Waals surface area contributed by atoms with Crippen LogP contribution in [0.4, 0.5) is 5.69 Å². The maximum Gasteiger partial charge on any atom is 0.285 e. The lowest BCUT2D eigenvalue weighted by molar-refractivity contribution is 0.969. The first-order chi connectivity index (χ1) is 11.1. The summed E-state index contributed by atoms with van der Waals surface area (Å²) in [6.45, 7) is 2.67. The highest BCUT2D eigenvalue weighted by Gasteiger charge is 2.05. The van der Waals surface area contributed by atoms with E-state index in [0.717, 1.165) is 22.7 Å². The molecule has 7 heteroatoms. The van der Waals surface area contributed by atoms with E-state index in [-0.39, 0.29) is 10.6 Å². The molecule has 0 aliphatic carbocycles. The van der Waals surface area contributed by atoms with E-state index in [4.69, 9.17) is 11.6 Å². The van der Waals surface area contributed by atoms with Gasteiger partial charge in [-0.25, -0.2) is 10.1 Å². The lowest BCUT2D eigenvalue weighted by atomic mass is 10.1. The molecule has 0 saturated heterocycles. The van der Waals surface area contributed by atoms with Gasteiger partial charge in [0.05, 0.1) is 22.6 Å². The molecule has 0 aliphatic heterocycles. The predicted octanol–water partition coefficient (Wildman–Crippen LogP) is 3.51. The van der Waals surface area contributed by atoms with Crippen molar-refractivity contribution in [2.45, 2.75) is 13.3 Å². The van der Waals surface area contributed by atoms with E-state index >= 15 is 0 Å². The van der Waals surface area contributed by atoms with Crippen molar-refractivity contribution in [1.82, 2.24) is 15.2 Å². The number of rotatable bonds is 5. The van der Waals surface area contributed by atoms with Crippen molar-refractivity contribution in [3.63, 3.8) is 0 Å². The third-order valence-corrected chi connectivity index (χ3v) is 4.54. The summed E-state index contributed by atoms with van der Waals surface area (Å²) in [5.74, 6) is 0. The van der Waals surface area contributed by atoms with E-state index < -0.39 is 0 Å². The summed E-state index contributed by atoms with van der Waals surface area (Å²) in [5, 5.41) is 12.4. The maximum absolute atomic E-state index is 11.4. The normalized spacial score (nSPS) is 10.7. The first-order valence-corrected chi connectivity index (χ1v) is 8.38. The van der Waals surface area contributed by atoms with Gasteiger partial charge in [-0.15, -0.1) is 11.3 Å². The number of anilines is 1. The fraction of sp³-hybridized carbons (Fsp3) is 0.188. The largest absolute Gasteiger partial charge is 0.382 e. The van der Waals surface area contributed by atoms with E-state index in [1.165, 1.54) is 11.8 Å². The van der Waals surface area contributed by atoms with Crippen LogP contribution in [0.3, 0.4) is 0 Å². The number of thiazole rings is 1. The number of aryl methyl sites for hydroxylation is 1. The van der Waals surface area contributed by atoms with Gasteiger partial charge in [-0.2, -0.15) is 5.10 Å². The third kappa shape index (κ3) is 3.78. The molecule has 0 aliphatic rings. The Morgan fingerprint density at radius 1 is 1.30 bits per heavy atom. The highest BCUT2D eigenvalue weighted by atomic mass is 35.5. The van der Waals surface area contributed by atoms with Crippen LogP contribution in [0.5, 0.6) is 0 Å². The molecule has 0 radical (unpaired) electrons. The number of benzene rings is 1. The number of nitrogens with one attached hydrogen (secondary N) is 2. The smallest absolute Gasteiger partial charge is 0.285 e. The average Bonchev–Trinajstić information content (AvgIpc) is 2.99. The maximum atomic E-state index is 11.4. The monoisotopic (exact) mass is 346 g/mol. The molecule has 0 spiro atoms. The summed E-state index contributed by atoms with van der Waals surface area (Å²) >= 11 is 7.56. The number of nitrogens with zero attached hydrogens (tertiary/aromatic N) is 2. The minimum Gasteiger partial charge on any atom is -0.382 e. The summed E-state index contributed by atoms with van der Waals surface area (Å²) in [5.41, 5.74) is 3.48. The molecule has 5 nitrogen and oxygen atoms in total. The van der Waals surface area contributed by atoms with E-state index in [1.807, 2.05) is 6.92 Å². The van der Waals surface area contributed by atoms with Gasteiger partial charge in [0, 0.05) is 17.5 Å². The lowest BCUT2D eigenvalue weighted by Gasteiger charge is -2.07. The van der Waals surface area contributed by atoms with E-state index in [9.17, 15) is 4.79 Å². The molecule has 2 N–H and O–H groups in total. The average molecular weight is 347 g/mol. The number of H-pyrrole nitrogens is 1. The molecule has 3 aromatic rings. The van der Waals surface area contributed by atoms with Gasteiger partial charge in [0.25, 0.3) is 5.56 Å². The first-order valence-electron chi connectivity index (χ1n) is 7.12. The predicted molar refractivity (Wildman–Crippen MR) is 94.3 cm³/mol. The molecule has 1 aromatic carbocycles. The SMILES string of the molecule is Cc1nc(-c2ccc(CCNc3cn[nH]c(=O)c3Cl)cc2)cs1. The van der Waals surface area contributed by atoms with Crippen LogP contribution in [0.15, 0.2) is 40.6 Å². The molecule has 3 rings (SSSR count). The summed E-state index contributed by atoms with van der Waals surface area (Å²) in [6, 6.07) is 8.32. The standard InChI is InChI=1S/C16H15ClN4OS/c1-10-20-14(9-23-10)12-4-2-11(3-5-12)6-7-18-13-8-19-21-16(22)15(13)17/h2-5,8-9H,6-7H2,1H3,(H2,18,21,22). The summed E-state index contributed by atoms with van der Waals surface area (Å²) in [6.07, 6.45) is 2.33. The van der Waals surface area contributed by atoms with Gasteiger partial charge in [0.1, 0.15) is 5.02 Å². The van der Waals surface area contributed by atoms with Crippen molar-refractivity contribution >= 4 is 28.6 Å². The highest BCUT2D eigenvalue weighted by Crippen LogP contribution is 2.22. The molecule has 0 fully saturated rings. The Balaban J connectivity index is 1.61. The minimum absolute atomic E-state index is 0.134. The van der Waals surface area contributed by atoms with Crippen molar-refractivity contribution in [3.8, 4) is 11.3 Å². The van der Waals surface area contributed by atoms with Crippen LogP contribution in [0.2, 0.25) is 5.02 Å². The Morgan fingerprint density at radius 2 is 2.09 bits per heavy atom. The van der Waals surface area contributed by atoms with Gasteiger partial charge in [-0.3, -0.25) is 4.79 Å². The molecule has 0 bridgehead atoms. The minimum atomic E-state index is -0.389. The first kappa shape index (κ1) is 15.7. The third-order valence-electron chi connectivity index (χ3n) is 3.39. The molecule has 0 saturated carbocycles. The van der Waals surface area contributed by atoms with Gasteiger partial charge in [0.15, 0.2) is 0 Å². The molecule has 2 heterocycles. The zero-order valence-electron chi connectivity index (χ0n) is 12.5. The Labute approximate surface area is 142 Å². The Hall–Kier alpha value is -2.18. The molecule has 118 valence electrons. The van der Waals surface area contributed by atoms with Gasteiger partial charge in [-0.1, -0.05) is 35.9 Å². The Bertz CT molecular complexity index is 857. The molecular formula is C16H15ClN4OS. The topological polar surface area (TPSA) is 70.7 Å². The van der Waals surface area contributed by atoms with Crippen LogP contribution in [0.1, 0.15) is 10.6 Å². The fourth-order valence-electron chi connectivity index (χ4n) is 2.19. The zero-order chi connectivity index (χ0) is 16.2. The van der Waals surface area contributed by atoms with Crippen LogP contribution < -0.4 is 10.9 Å². The summed E-state index contributed by atoms with van der Waals surface area (Å²) in [7, 11) is 0. The van der Waals surface area contributed by atoms with Crippen LogP contribution in [-0.4, -0.2) is 21.7 Å². The number of halogens is 1. The van der Waals surface area contributed by atoms with Crippen LogP contribution in [0, 0.1) is 6.92 Å². The van der Waals surface area contributed by atoms with E-state index in [2.05, 4.69) is 50.1 Å². The summed E-state index contributed by atoms with van der Waals surface area (Å²) in [4.78, 5) is 15.8. The molecule has 23 heavy (non-hydrogen) atoms. The molecule has 2 aromatic heterocycles. The van der Waals surface area contributed by atoms with Gasteiger partial charge < -0.3 is 5.32 Å². The second-order valence-electron chi connectivity index (χ2n) is 5.05. The van der Waals surface area contributed by atoms with E-state index in [0.29, 0.717) is 12.2 Å². The van der Waals surface area contributed by atoms with Crippen LogP contribution in [0.25, 0.3) is 11.3 Å². The number of aromatic amines is 1. The van der Waals surface area contributed by atoms with Crippen molar-refractivity contribution in [3.05, 3.63) is 61.8 Å². The second-order valence-corrected chi connectivity index (χ2v) is 6.49. The second kappa shape index (κ2) is 6.93. The quantitative estimate of drug-likeness (QED) is 0.741. The molecule has 0 amide bonds. The van der Waals surface area contributed by atoms with Crippen molar-refractivity contribution in [2.24, 2.45) is 0 Å². The van der Waals surface area contributed by atoms with Crippen LogP contribution in [-0.2, 0) is 6.42 Å². The Kier molecular flexibility index (Phi) is 4.73. The number of hydrogen-bond donors (Lipinski definition) is 2. The van der Waals surface area contributed by atoms with Gasteiger partial charge in [-0.05, 0) is 18.9 Å². The Morgan fingerprint density at radius 3 is 2.78 bits per heavy atom. The van der Waals surface area contributed by atoms with Crippen molar-refractivity contribution in [1.29, 1.82) is 0 Å². The van der Waals surface area contributed by atoms with Crippen molar-refractivity contribution in [2.75, 3.05) is 11.9 Å². The van der Waals surface area contributed by atoms with Crippen molar-refractivity contribution < 1.29 is 0 Å². The number of aromatic nitrogens is 3. The zero-order valence-corrected chi connectivity index (χ0v) is 14.0. The molecular weight excluding hydrogens is 332 g/mol. The highest BCUT2D eigenvalue weighted by molar-refractivity contribution is 7.09. The van der Waals surface area contributed by atoms with Crippen LogP contribution >= 0.6 is 22.9 Å². The lowest BCUT2D eigenvalue weighted by Crippen LogP contribution is -2.13. The fourth-order valence-corrected chi connectivity index (χ4v) is 2.97. The summed E-state index contributed by atoms with van der Waals surface area (Å²) < 4.78 is 0. The molecule has 0 unspecified atom stereocenters. The van der Waals surface area contributed by atoms with Gasteiger partial charge in [0.2, 0.25) is 0 Å². The molecule has 0 atom stereocenters. The van der Waals surface area contributed by atoms with E-state index in [1.54, 1.807) is 11.3 Å². The number of hydrogen-bond acceptors (Lipinski definition) is 5. The van der Waals surface area contributed by atoms with Gasteiger partial charge >= 0.3 is 0 Å².